The molecule has 6 heteroatoms. The molecule has 2 rings (SSSR count). The molecule has 0 aliphatic carbocycles. The van der Waals surface area contributed by atoms with Gasteiger partial charge in [0.2, 0.25) is 0 Å². The molecule has 2 aliphatic rings. The fourth-order valence-corrected chi connectivity index (χ4v) is 16.0. The molecule has 0 amide bonds. The molecule has 2 fully saturated rings. The van der Waals surface area contributed by atoms with Crippen LogP contribution in [0.3, 0.4) is 0 Å². The van der Waals surface area contributed by atoms with Gasteiger partial charge in [0.1, 0.15) is 0 Å². The minimum atomic E-state index is -2.48. The zero-order valence-corrected chi connectivity index (χ0v) is 20.8. The molecule has 0 saturated carbocycles. The predicted octanol–water partition coefficient (Wildman–Crippen LogP) is 5.92. The van der Waals surface area contributed by atoms with Gasteiger partial charge in [0, 0.05) is 12.5 Å². The van der Waals surface area contributed by atoms with Gasteiger partial charge in [-0.25, -0.2) is 0 Å². The van der Waals surface area contributed by atoms with Gasteiger partial charge in [0.05, 0.1) is 18.8 Å². The summed E-state index contributed by atoms with van der Waals surface area (Å²) in [6.07, 6.45) is 4.24. The van der Waals surface area contributed by atoms with E-state index in [0.717, 1.165) is 19.4 Å². The van der Waals surface area contributed by atoms with Gasteiger partial charge in [-0.2, -0.15) is 0 Å². The molecular formula is C21H42O4Si2. The Labute approximate surface area is 169 Å². The molecule has 0 spiro atoms. The van der Waals surface area contributed by atoms with Crippen molar-refractivity contribution in [2.45, 2.75) is 103 Å². The first-order valence-electron chi connectivity index (χ1n) is 10.8. The van der Waals surface area contributed by atoms with Crippen molar-refractivity contribution in [1.82, 2.24) is 0 Å². The molecular weight excluding hydrogens is 372 g/mol. The van der Waals surface area contributed by atoms with Crippen LogP contribution >= 0.6 is 0 Å². The van der Waals surface area contributed by atoms with Gasteiger partial charge in [-0.05, 0) is 35.0 Å². The van der Waals surface area contributed by atoms with E-state index in [9.17, 15) is 0 Å². The van der Waals surface area contributed by atoms with Crippen LogP contribution in [0.25, 0.3) is 0 Å². The third kappa shape index (κ3) is 4.61. The highest BCUT2D eigenvalue weighted by molar-refractivity contribution is 6.83. The first-order valence-corrected chi connectivity index (χ1v) is 14.8. The van der Waals surface area contributed by atoms with E-state index in [-0.39, 0.29) is 12.2 Å². The second-order valence-electron chi connectivity index (χ2n) is 9.60. The van der Waals surface area contributed by atoms with Crippen LogP contribution in [0.1, 0.15) is 68.2 Å². The van der Waals surface area contributed by atoms with E-state index < -0.39 is 17.1 Å². The standard InChI is InChI=1S/C21H42O4Si2/c1-10-11-20-12-19-13-22-26(15(2)3,16(4)5)25-27(17(6)7,18(8)9)23-14-21(19)24-20/h10,15-21H,1,11-14H2,2-9H3. The highest BCUT2D eigenvalue weighted by atomic mass is 28.5. The second-order valence-corrected chi connectivity index (χ2v) is 18.5. The molecule has 3 atom stereocenters. The normalized spacial score (nSPS) is 31.0. The molecule has 27 heavy (non-hydrogen) atoms. The van der Waals surface area contributed by atoms with Crippen LogP contribution in [0.4, 0.5) is 0 Å². The number of hydrogen-bond acceptors (Lipinski definition) is 4. The van der Waals surface area contributed by atoms with Crippen molar-refractivity contribution in [1.29, 1.82) is 0 Å². The van der Waals surface area contributed by atoms with Crippen molar-refractivity contribution in [3.8, 4) is 0 Å². The summed E-state index contributed by atoms with van der Waals surface area (Å²) in [6.45, 7) is 23.4. The quantitative estimate of drug-likeness (QED) is 0.399. The van der Waals surface area contributed by atoms with E-state index in [4.69, 9.17) is 17.7 Å². The third-order valence-corrected chi connectivity index (χ3v) is 16.6. The van der Waals surface area contributed by atoms with Gasteiger partial charge in [-0.1, -0.05) is 61.5 Å². The Kier molecular flexibility index (Phi) is 7.96. The fraction of sp³-hybridized carbons (Fsp3) is 0.905. The molecule has 0 radical (unpaired) electrons. The molecule has 158 valence electrons. The number of ether oxygens (including phenoxy) is 1. The Hall–Kier alpha value is 0.0138. The Bertz CT molecular complexity index is 439. The first kappa shape index (κ1) is 23.3. The first-order chi connectivity index (χ1) is 12.6. The topological polar surface area (TPSA) is 36.9 Å². The molecule has 0 aromatic rings. The van der Waals surface area contributed by atoms with Crippen LogP contribution in [0.15, 0.2) is 12.7 Å². The van der Waals surface area contributed by atoms with Crippen molar-refractivity contribution in [2.75, 3.05) is 13.2 Å². The van der Waals surface area contributed by atoms with Crippen LogP contribution in [0.2, 0.25) is 22.2 Å². The smallest absolute Gasteiger partial charge is 0.334 e. The maximum Gasteiger partial charge on any atom is 0.334 e. The number of hydrogen-bond donors (Lipinski definition) is 0. The largest absolute Gasteiger partial charge is 0.414 e. The van der Waals surface area contributed by atoms with Crippen molar-refractivity contribution in [2.24, 2.45) is 5.92 Å². The average Bonchev–Trinajstić information content (AvgIpc) is 2.97. The molecule has 2 aliphatic heterocycles. The molecule has 2 heterocycles. The van der Waals surface area contributed by atoms with Crippen LogP contribution in [0.5, 0.6) is 0 Å². The second kappa shape index (κ2) is 9.22. The van der Waals surface area contributed by atoms with Gasteiger partial charge >= 0.3 is 17.1 Å². The summed E-state index contributed by atoms with van der Waals surface area (Å²) in [5, 5.41) is 0. The lowest BCUT2D eigenvalue weighted by atomic mass is 10.00. The number of fused-ring (bicyclic) bond motifs is 1. The van der Waals surface area contributed by atoms with Crippen molar-refractivity contribution in [3.05, 3.63) is 12.7 Å². The Morgan fingerprint density at radius 1 is 0.852 bits per heavy atom. The van der Waals surface area contributed by atoms with Crippen molar-refractivity contribution >= 4 is 17.1 Å². The van der Waals surface area contributed by atoms with Gasteiger partial charge in [-0.3, -0.25) is 0 Å². The van der Waals surface area contributed by atoms with Gasteiger partial charge in [0.25, 0.3) is 0 Å². The summed E-state index contributed by atoms with van der Waals surface area (Å²) in [6, 6.07) is 0. The van der Waals surface area contributed by atoms with Crippen molar-refractivity contribution in [3.63, 3.8) is 0 Å². The summed E-state index contributed by atoms with van der Waals surface area (Å²) >= 11 is 0. The summed E-state index contributed by atoms with van der Waals surface area (Å²) in [4.78, 5) is 0. The van der Waals surface area contributed by atoms with Gasteiger partial charge in [0.15, 0.2) is 0 Å². The monoisotopic (exact) mass is 414 g/mol. The van der Waals surface area contributed by atoms with E-state index in [1.807, 2.05) is 6.08 Å². The summed E-state index contributed by atoms with van der Waals surface area (Å²) in [5.74, 6) is 0.382. The van der Waals surface area contributed by atoms with E-state index in [0.29, 0.717) is 34.7 Å². The van der Waals surface area contributed by atoms with E-state index in [1.54, 1.807) is 0 Å². The maximum absolute atomic E-state index is 7.19. The highest BCUT2D eigenvalue weighted by Crippen LogP contribution is 2.46. The molecule has 3 unspecified atom stereocenters. The lowest BCUT2D eigenvalue weighted by Gasteiger charge is -2.47. The zero-order chi connectivity index (χ0) is 20.4. The van der Waals surface area contributed by atoms with E-state index in [1.165, 1.54) is 0 Å². The third-order valence-electron chi connectivity index (χ3n) is 6.42. The SMILES string of the molecule is C=CCC1CC2CO[Si](C(C)C)(C(C)C)O[Si](C(C)C)(C(C)C)OCC2O1. The minimum Gasteiger partial charge on any atom is -0.414 e. The van der Waals surface area contributed by atoms with Crippen LogP contribution in [-0.4, -0.2) is 42.5 Å². The molecule has 2 saturated heterocycles. The highest BCUT2D eigenvalue weighted by Gasteiger charge is 2.57. The molecule has 0 aromatic heterocycles. The van der Waals surface area contributed by atoms with Crippen LogP contribution in [0, 0.1) is 5.92 Å². The van der Waals surface area contributed by atoms with Crippen LogP contribution in [-0.2, 0) is 17.7 Å². The van der Waals surface area contributed by atoms with Crippen LogP contribution < -0.4 is 0 Å². The Morgan fingerprint density at radius 2 is 1.33 bits per heavy atom. The maximum atomic E-state index is 7.19. The lowest BCUT2D eigenvalue weighted by molar-refractivity contribution is -0.00223. The number of rotatable bonds is 6. The van der Waals surface area contributed by atoms with Gasteiger partial charge in [-0.15, -0.1) is 6.58 Å². The predicted molar refractivity (Wildman–Crippen MR) is 116 cm³/mol. The average molecular weight is 415 g/mol. The van der Waals surface area contributed by atoms with Gasteiger partial charge < -0.3 is 17.7 Å². The van der Waals surface area contributed by atoms with E-state index >= 15 is 0 Å². The fourth-order valence-electron chi connectivity index (χ4n) is 4.82. The molecule has 0 aromatic carbocycles. The molecule has 0 bridgehead atoms. The molecule has 4 nitrogen and oxygen atoms in total. The summed E-state index contributed by atoms with van der Waals surface area (Å²) < 4.78 is 27.2. The molecule has 0 N–H and O–H groups in total. The summed E-state index contributed by atoms with van der Waals surface area (Å²) in [7, 11) is -4.93. The Morgan fingerprint density at radius 3 is 1.78 bits per heavy atom. The zero-order valence-electron chi connectivity index (χ0n) is 18.8. The van der Waals surface area contributed by atoms with E-state index in [2.05, 4.69) is 62.0 Å². The lowest BCUT2D eigenvalue weighted by Crippen LogP contribution is -2.61. The summed E-state index contributed by atoms with van der Waals surface area (Å²) in [5.41, 5.74) is 1.50. The minimum absolute atomic E-state index is 0.104. The van der Waals surface area contributed by atoms with Crippen molar-refractivity contribution < 1.29 is 17.7 Å². The Balaban J connectivity index is 2.43.